The molecule has 1 unspecified atom stereocenters. The minimum Gasteiger partial charge on any atom is -0.394 e. The van der Waals surface area contributed by atoms with Crippen molar-refractivity contribution < 1.29 is 9.50 Å². The van der Waals surface area contributed by atoms with Gasteiger partial charge in [-0.3, -0.25) is 0 Å². The van der Waals surface area contributed by atoms with E-state index in [9.17, 15) is 9.50 Å². The van der Waals surface area contributed by atoms with Crippen LogP contribution in [0.1, 0.15) is 24.8 Å². The lowest BCUT2D eigenvalue weighted by Crippen LogP contribution is -2.38. The molecule has 0 heterocycles. The van der Waals surface area contributed by atoms with Gasteiger partial charge in [0.15, 0.2) is 0 Å². The number of hydrogen-bond acceptors (Lipinski definition) is 2. The van der Waals surface area contributed by atoms with E-state index in [0.29, 0.717) is 12.5 Å². The molecule has 0 aromatic heterocycles. The number of nitrogens with zero attached hydrogens (tertiary/aromatic N) is 1. The van der Waals surface area contributed by atoms with E-state index in [2.05, 4.69) is 17.0 Å². The number of halogens is 2. The lowest BCUT2D eigenvalue weighted by atomic mass is 10.1. The van der Waals surface area contributed by atoms with Crippen LogP contribution in [-0.2, 0) is 6.54 Å². The van der Waals surface area contributed by atoms with Crippen LogP contribution in [-0.4, -0.2) is 17.8 Å². The van der Waals surface area contributed by atoms with Gasteiger partial charge in [-0.25, -0.2) is 4.39 Å². The van der Waals surface area contributed by atoms with E-state index in [1.54, 1.807) is 12.1 Å². The lowest BCUT2D eigenvalue weighted by molar-refractivity contribution is 0.247. The average molecular weight is 334 g/mol. The zero-order valence-electron chi connectivity index (χ0n) is 13.0. The molecule has 23 heavy (non-hydrogen) atoms. The van der Waals surface area contributed by atoms with Gasteiger partial charge < -0.3 is 10.0 Å². The maximum Gasteiger partial charge on any atom is 0.141 e. The van der Waals surface area contributed by atoms with Crippen LogP contribution in [0, 0.1) is 11.7 Å². The summed E-state index contributed by atoms with van der Waals surface area (Å²) in [5, 5.41) is 10.0. The van der Waals surface area contributed by atoms with Gasteiger partial charge in [0.1, 0.15) is 5.82 Å². The van der Waals surface area contributed by atoms with Gasteiger partial charge in [-0.15, -0.1) is 0 Å². The van der Waals surface area contributed by atoms with E-state index in [-0.39, 0.29) is 17.7 Å². The van der Waals surface area contributed by atoms with E-state index >= 15 is 0 Å². The Morgan fingerprint density at radius 1 is 1.17 bits per heavy atom. The molecule has 0 spiro atoms. The molecule has 122 valence electrons. The van der Waals surface area contributed by atoms with Crippen molar-refractivity contribution in [3.8, 4) is 0 Å². The van der Waals surface area contributed by atoms with E-state index < -0.39 is 5.82 Å². The molecular formula is C19H21ClFNO. The third-order valence-corrected chi connectivity index (χ3v) is 4.67. The van der Waals surface area contributed by atoms with Gasteiger partial charge in [-0.05, 0) is 36.1 Å². The summed E-state index contributed by atoms with van der Waals surface area (Å²) < 4.78 is 13.5. The van der Waals surface area contributed by atoms with Crippen LogP contribution in [0.4, 0.5) is 10.1 Å². The molecule has 1 N–H and O–H groups in total. The normalized spacial score (nSPS) is 15.4. The van der Waals surface area contributed by atoms with Gasteiger partial charge in [0.05, 0.1) is 17.7 Å². The summed E-state index contributed by atoms with van der Waals surface area (Å²) >= 11 is 5.96. The maximum absolute atomic E-state index is 13.5. The number of benzene rings is 2. The van der Waals surface area contributed by atoms with Crippen molar-refractivity contribution in [2.45, 2.75) is 31.8 Å². The zero-order chi connectivity index (χ0) is 16.2. The van der Waals surface area contributed by atoms with Gasteiger partial charge in [-0.2, -0.15) is 0 Å². The fraction of sp³-hybridized carbons (Fsp3) is 0.368. The summed E-state index contributed by atoms with van der Waals surface area (Å²) in [4.78, 5) is 2.14. The Morgan fingerprint density at radius 2 is 1.91 bits per heavy atom. The summed E-state index contributed by atoms with van der Waals surface area (Å²) in [5.74, 6) is 0.277. The highest BCUT2D eigenvalue weighted by Gasteiger charge is 2.29. The number of rotatable bonds is 7. The van der Waals surface area contributed by atoms with Crippen molar-refractivity contribution in [1.29, 1.82) is 0 Å². The third kappa shape index (κ3) is 4.24. The quantitative estimate of drug-likeness (QED) is 0.797. The Morgan fingerprint density at radius 3 is 2.52 bits per heavy atom. The zero-order valence-corrected chi connectivity index (χ0v) is 13.7. The molecular weight excluding hydrogens is 313 g/mol. The van der Waals surface area contributed by atoms with Crippen LogP contribution < -0.4 is 4.90 Å². The summed E-state index contributed by atoms with van der Waals surface area (Å²) in [7, 11) is 0. The number of aliphatic hydroxyl groups is 1. The Balaban J connectivity index is 1.88. The van der Waals surface area contributed by atoms with Crippen molar-refractivity contribution in [1.82, 2.24) is 0 Å². The van der Waals surface area contributed by atoms with Gasteiger partial charge >= 0.3 is 0 Å². The minimum absolute atomic E-state index is 0.0178. The highest BCUT2D eigenvalue weighted by atomic mass is 35.5. The number of hydrogen-bond donors (Lipinski definition) is 1. The minimum atomic E-state index is -0.419. The molecule has 1 atom stereocenters. The first-order valence-corrected chi connectivity index (χ1v) is 8.41. The molecule has 0 amide bonds. The molecule has 2 aromatic carbocycles. The van der Waals surface area contributed by atoms with Crippen LogP contribution in [0.15, 0.2) is 48.5 Å². The Bertz CT molecular complexity index is 645. The van der Waals surface area contributed by atoms with E-state index in [0.717, 1.165) is 17.7 Å². The monoisotopic (exact) mass is 333 g/mol. The first-order valence-electron chi connectivity index (χ1n) is 8.04. The summed E-state index contributed by atoms with van der Waals surface area (Å²) in [5.41, 5.74) is 2.00. The molecule has 3 rings (SSSR count). The van der Waals surface area contributed by atoms with Gasteiger partial charge in [0.25, 0.3) is 0 Å². The predicted octanol–water partition coefficient (Wildman–Crippen LogP) is 4.65. The molecule has 0 radical (unpaired) electrons. The van der Waals surface area contributed by atoms with E-state index in [4.69, 9.17) is 11.6 Å². The second kappa shape index (κ2) is 7.33. The van der Waals surface area contributed by atoms with Crippen LogP contribution in [0.5, 0.6) is 0 Å². The molecule has 2 nitrogen and oxygen atoms in total. The topological polar surface area (TPSA) is 23.5 Å². The molecule has 0 bridgehead atoms. The molecule has 1 aliphatic carbocycles. The predicted molar refractivity (Wildman–Crippen MR) is 92.2 cm³/mol. The Labute approximate surface area is 141 Å². The molecule has 4 heteroatoms. The van der Waals surface area contributed by atoms with Crippen molar-refractivity contribution >= 4 is 17.3 Å². The molecule has 0 aliphatic heterocycles. The molecule has 1 fully saturated rings. The molecule has 1 saturated carbocycles. The van der Waals surface area contributed by atoms with Crippen LogP contribution in [0.2, 0.25) is 5.02 Å². The Kier molecular flexibility index (Phi) is 5.19. The van der Waals surface area contributed by atoms with Crippen LogP contribution in [0.25, 0.3) is 0 Å². The van der Waals surface area contributed by atoms with Crippen molar-refractivity contribution in [3.63, 3.8) is 0 Å². The van der Waals surface area contributed by atoms with Gasteiger partial charge in [-0.1, -0.05) is 54.8 Å². The van der Waals surface area contributed by atoms with Crippen molar-refractivity contribution in [2.75, 3.05) is 11.5 Å². The van der Waals surface area contributed by atoms with Crippen molar-refractivity contribution in [3.05, 3.63) is 64.9 Å². The first kappa shape index (κ1) is 16.3. The average Bonchev–Trinajstić information content (AvgIpc) is 3.38. The van der Waals surface area contributed by atoms with Gasteiger partial charge in [0.2, 0.25) is 0 Å². The molecule has 1 aliphatic rings. The highest BCUT2D eigenvalue weighted by Crippen LogP contribution is 2.36. The van der Waals surface area contributed by atoms with Gasteiger partial charge in [0, 0.05) is 12.2 Å². The highest BCUT2D eigenvalue weighted by molar-refractivity contribution is 6.31. The lowest BCUT2D eigenvalue weighted by Gasteiger charge is -2.33. The maximum atomic E-state index is 13.5. The van der Waals surface area contributed by atoms with Crippen LogP contribution in [0.3, 0.4) is 0 Å². The fourth-order valence-corrected chi connectivity index (χ4v) is 3.09. The second-order valence-electron chi connectivity index (χ2n) is 6.23. The van der Waals surface area contributed by atoms with E-state index in [1.165, 1.54) is 18.9 Å². The number of anilines is 1. The van der Waals surface area contributed by atoms with Crippen LogP contribution >= 0.6 is 11.6 Å². The largest absolute Gasteiger partial charge is 0.394 e. The standard InChI is InChI=1S/C19H21ClFNO/c20-18-11-16(8-9-19(18)21)22(12-15-4-2-1-3-5-15)17(13-23)10-14-6-7-14/h1-5,8-9,11,14,17,23H,6-7,10,12-13H2. The first-order chi connectivity index (χ1) is 11.2. The fourth-order valence-electron chi connectivity index (χ4n) is 2.91. The molecule has 0 saturated heterocycles. The number of aliphatic hydroxyl groups excluding tert-OH is 1. The van der Waals surface area contributed by atoms with Crippen molar-refractivity contribution in [2.24, 2.45) is 5.92 Å². The second-order valence-corrected chi connectivity index (χ2v) is 6.63. The van der Waals surface area contributed by atoms with E-state index in [1.807, 2.05) is 18.2 Å². The SMILES string of the molecule is OCC(CC1CC1)N(Cc1ccccc1)c1ccc(F)c(Cl)c1. The summed E-state index contributed by atoms with van der Waals surface area (Å²) in [6.45, 7) is 0.749. The Hall–Kier alpha value is -1.58. The molecule has 2 aromatic rings. The smallest absolute Gasteiger partial charge is 0.141 e. The summed E-state index contributed by atoms with van der Waals surface area (Å²) in [6.07, 6.45) is 3.43. The third-order valence-electron chi connectivity index (χ3n) is 4.38. The summed E-state index contributed by atoms with van der Waals surface area (Å²) in [6, 6.07) is 14.9.